The number of aliphatic hydroxyl groups is 3. The summed E-state index contributed by atoms with van der Waals surface area (Å²) >= 11 is 0. The van der Waals surface area contributed by atoms with Gasteiger partial charge in [-0.1, -0.05) is 30.3 Å². The maximum atomic E-state index is 10.2. The van der Waals surface area contributed by atoms with Gasteiger partial charge in [-0.3, -0.25) is 4.57 Å². The van der Waals surface area contributed by atoms with Gasteiger partial charge in [-0.2, -0.15) is 0 Å². The summed E-state index contributed by atoms with van der Waals surface area (Å²) < 4.78 is 7.10. The van der Waals surface area contributed by atoms with E-state index in [2.05, 4.69) is 32.4 Å². The summed E-state index contributed by atoms with van der Waals surface area (Å²) in [6.45, 7) is 0.291. The zero-order valence-electron chi connectivity index (χ0n) is 14.5. The predicted octanol–water partition coefficient (Wildman–Crippen LogP) is 0.0924. The first-order valence-corrected chi connectivity index (χ1v) is 8.77. The molecule has 0 amide bonds. The second kappa shape index (κ2) is 7.57. The minimum Gasteiger partial charge on any atom is -0.394 e. The van der Waals surface area contributed by atoms with Crippen LogP contribution >= 0.6 is 0 Å². The number of nitrogens with one attached hydrogen (secondary N) is 1. The van der Waals surface area contributed by atoms with Crippen LogP contribution in [-0.2, 0) is 11.2 Å². The average Bonchev–Trinajstić information content (AvgIpc) is 3.25. The second-order valence-electron chi connectivity index (χ2n) is 6.44. The van der Waals surface area contributed by atoms with Crippen molar-refractivity contribution in [3.63, 3.8) is 0 Å². The average molecular weight is 371 g/mol. The summed E-state index contributed by atoms with van der Waals surface area (Å²) in [6, 6.07) is 10.1. The van der Waals surface area contributed by atoms with E-state index in [9.17, 15) is 15.3 Å². The van der Waals surface area contributed by atoms with Gasteiger partial charge in [0.15, 0.2) is 23.2 Å². The SMILES string of the molecule is OC[C@@H]1O[C@H](n2cnc3c(NCCc4ccccc4)ncnc32)[C@H](O)[C@@H]1O. The summed E-state index contributed by atoms with van der Waals surface area (Å²) in [5.74, 6) is 0.585. The molecule has 9 heteroatoms. The molecule has 1 aromatic carbocycles. The normalized spacial score (nSPS) is 25.1. The summed E-state index contributed by atoms with van der Waals surface area (Å²) in [7, 11) is 0. The molecule has 1 fully saturated rings. The Morgan fingerprint density at radius 2 is 1.89 bits per heavy atom. The van der Waals surface area contributed by atoms with E-state index in [1.54, 1.807) is 4.57 Å². The molecule has 0 unspecified atom stereocenters. The molecule has 0 bridgehead atoms. The number of benzene rings is 1. The molecule has 1 saturated heterocycles. The monoisotopic (exact) mass is 371 g/mol. The highest BCUT2D eigenvalue weighted by Crippen LogP contribution is 2.32. The van der Waals surface area contributed by atoms with E-state index in [4.69, 9.17) is 4.74 Å². The fraction of sp³-hybridized carbons (Fsp3) is 0.389. The lowest BCUT2D eigenvalue weighted by atomic mass is 10.1. The van der Waals surface area contributed by atoms with Crippen molar-refractivity contribution in [3.8, 4) is 0 Å². The van der Waals surface area contributed by atoms with E-state index in [0.717, 1.165) is 6.42 Å². The lowest BCUT2D eigenvalue weighted by Crippen LogP contribution is -2.33. The lowest BCUT2D eigenvalue weighted by Gasteiger charge is -2.16. The summed E-state index contributed by atoms with van der Waals surface area (Å²) in [5, 5.41) is 32.7. The Bertz CT molecular complexity index is 903. The van der Waals surface area contributed by atoms with E-state index in [-0.39, 0.29) is 6.61 Å². The molecule has 1 aliphatic heterocycles. The molecule has 1 aliphatic rings. The first kappa shape index (κ1) is 17.8. The number of ether oxygens (including phenoxy) is 1. The molecule has 142 valence electrons. The van der Waals surface area contributed by atoms with Gasteiger partial charge in [-0.25, -0.2) is 15.0 Å². The van der Waals surface area contributed by atoms with Crippen LogP contribution in [0.15, 0.2) is 43.0 Å². The van der Waals surface area contributed by atoms with Crippen LogP contribution in [0.1, 0.15) is 11.8 Å². The van der Waals surface area contributed by atoms with Crippen LogP contribution in [0, 0.1) is 0 Å². The van der Waals surface area contributed by atoms with Crippen LogP contribution < -0.4 is 5.32 Å². The fourth-order valence-corrected chi connectivity index (χ4v) is 3.25. The highest BCUT2D eigenvalue weighted by atomic mass is 16.6. The van der Waals surface area contributed by atoms with Crippen molar-refractivity contribution < 1.29 is 20.1 Å². The van der Waals surface area contributed by atoms with Gasteiger partial charge in [-0.05, 0) is 12.0 Å². The minimum atomic E-state index is -1.19. The molecular formula is C18H21N5O4. The van der Waals surface area contributed by atoms with Crippen LogP contribution in [0.2, 0.25) is 0 Å². The third-order valence-electron chi connectivity index (χ3n) is 4.70. The highest BCUT2D eigenvalue weighted by Gasteiger charge is 2.44. The van der Waals surface area contributed by atoms with Gasteiger partial charge in [0.25, 0.3) is 0 Å². The number of aliphatic hydroxyl groups excluding tert-OH is 3. The van der Waals surface area contributed by atoms with Gasteiger partial charge in [-0.15, -0.1) is 0 Å². The van der Waals surface area contributed by atoms with Crippen molar-refractivity contribution in [1.82, 2.24) is 19.5 Å². The van der Waals surface area contributed by atoms with Crippen molar-refractivity contribution in [2.45, 2.75) is 31.0 Å². The van der Waals surface area contributed by atoms with Crippen LogP contribution in [0.5, 0.6) is 0 Å². The molecule has 27 heavy (non-hydrogen) atoms. The molecule has 9 nitrogen and oxygen atoms in total. The Morgan fingerprint density at radius 1 is 1.07 bits per heavy atom. The number of fused-ring (bicyclic) bond motifs is 1. The van der Waals surface area contributed by atoms with Gasteiger partial charge in [0.2, 0.25) is 0 Å². The highest BCUT2D eigenvalue weighted by molar-refractivity contribution is 5.82. The number of nitrogens with zero attached hydrogens (tertiary/aromatic N) is 4. The van der Waals surface area contributed by atoms with Gasteiger partial charge >= 0.3 is 0 Å². The van der Waals surface area contributed by atoms with Crippen molar-refractivity contribution in [1.29, 1.82) is 0 Å². The molecule has 0 saturated carbocycles. The van der Waals surface area contributed by atoms with Crippen molar-refractivity contribution in [2.24, 2.45) is 0 Å². The summed E-state index contributed by atoms with van der Waals surface area (Å²) in [5.41, 5.74) is 2.23. The zero-order valence-corrected chi connectivity index (χ0v) is 14.5. The third kappa shape index (κ3) is 3.37. The van der Waals surface area contributed by atoms with E-state index < -0.39 is 24.5 Å². The Morgan fingerprint density at radius 3 is 2.63 bits per heavy atom. The number of hydrogen-bond acceptors (Lipinski definition) is 8. The molecule has 0 aliphatic carbocycles. The summed E-state index contributed by atoms with van der Waals surface area (Å²) in [4.78, 5) is 12.8. The molecule has 4 rings (SSSR count). The molecule has 0 spiro atoms. The Balaban J connectivity index is 1.53. The van der Waals surface area contributed by atoms with Gasteiger partial charge in [0.1, 0.15) is 24.6 Å². The smallest absolute Gasteiger partial charge is 0.167 e. The minimum absolute atomic E-state index is 0.386. The maximum Gasteiger partial charge on any atom is 0.167 e. The van der Waals surface area contributed by atoms with Gasteiger partial charge in [0.05, 0.1) is 12.9 Å². The van der Waals surface area contributed by atoms with Crippen molar-refractivity contribution in [2.75, 3.05) is 18.5 Å². The largest absolute Gasteiger partial charge is 0.394 e. The van der Waals surface area contributed by atoms with Crippen LogP contribution in [-0.4, -0.2) is 66.3 Å². The maximum absolute atomic E-state index is 10.2. The molecular weight excluding hydrogens is 350 g/mol. The molecule has 3 heterocycles. The topological polar surface area (TPSA) is 126 Å². The number of imidazole rings is 1. The number of anilines is 1. The van der Waals surface area contributed by atoms with E-state index in [1.165, 1.54) is 18.2 Å². The predicted molar refractivity (Wildman–Crippen MR) is 97.0 cm³/mol. The molecule has 4 N–H and O–H groups in total. The van der Waals surface area contributed by atoms with Crippen molar-refractivity contribution in [3.05, 3.63) is 48.5 Å². The van der Waals surface area contributed by atoms with E-state index in [1.807, 2.05) is 18.2 Å². The number of hydrogen-bond donors (Lipinski definition) is 4. The third-order valence-corrected chi connectivity index (χ3v) is 4.70. The molecule has 0 radical (unpaired) electrons. The Hall–Kier alpha value is -2.59. The van der Waals surface area contributed by atoms with Crippen molar-refractivity contribution >= 4 is 17.0 Å². The number of aromatic nitrogens is 4. The molecule has 3 aromatic rings. The molecule has 4 atom stereocenters. The fourth-order valence-electron chi connectivity index (χ4n) is 3.25. The first-order valence-electron chi connectivity index (χ1n) is 8.77. The van der Waals surface area contributed by atoms with E-state index >= 15 is 0 Å². The van der Waals surface area contributed by atoms with Crippen LogP contribution in [0.3, 0.4) is 0 Å². The van der Waals surface area contributed by atoms with Crippen LogP contribution in [0.25, 0.3) is 11.2 Å². The van der Waals surface area contributed by atoms with Crippen LogP contribution in [0.4, 0.5) is 5.82 Å². The Labute approximate surface area is 155 Å². The summed E-state index contributed by atoms with van der Waals surface area (Å²) in [6.07, 6.45) is -0.370. The lowest BCUT2D eigenvalue weighted by molar-refractivity contribution is -0.0511. The quantitative estimate of drug-likeness (QED) is 0.480. The second-order valence-corrected chi connectivity index (χ2v) is 6.44. The van der Waals surface area contributed by atoms with E-state index in [0.29, 0.717) is 23.5 Å². The van der Waals surface area contributed by atoms with Gasteiger partial charge in [0, 0.05) is 6.54 Å². The standard InChI is InChI=1S/C18H21N5O4/c24-8-12-14(25)15(26)18(27-12)23-10-22-13-16(20-9-21-17(13)23)19-7-6-11-4-2-1-3-5-11/h1-5,9-10,12,14-15,18,24-26H,6-8H2,(H,19,20,21)/t12-,14+,15+,18-/m0/s1. The first-order chi connectivity index (χ1) is 13.2. The number of rotatable bonds is 6. The molecule has 2 aromatic heterocycles. The zero-order chi connectivity index (χ0) is 18.8. The Kier molecular flexibility index (Phi) is 4.99. The van der Waals surface area contributed by atoms with Gasteiger partial charge < -0.3 is 25.4 Å².